The normalized spacial score (nSPS) is 10.6. The van der Waals surface area contributed by atoms with E-state index in [1.165, 1.54) is 13.3 Å². The van der Waals surface area contributed by atoms with Crippen molar-refractivity contribution in [2.75, 3.05) is 14.2 Å². The molecule has 1 N–H and O–H groups in total. The highest BCUT2D eigenvalue weighted by Gasteiger charge is 2.12. The van der Waals surface area contributed by atoms with Crippen molar-refractivity contribution in [3.8, 4) is 11.5 Å². The quantitative estimate of drug-likeness (QED) is 0.476. The van der Waals surface area contributed by atoms with E-state index in [4.69, 9.17) is 13.9 Å². The summed E-state index contributed by atoms with van der Waals surface area (Å²) < 4.78 is 16.3. The fraction of sp³-hybridized carbons (Fsp3) is 0.143. The van der Waals surface area contributed by atoms with Crippen LogP contribution in [-0.2, 0) is 0 Å². The Bertz CT molecular complexity index is 667. The molecule has 0 spiro atoms. The molecule has 1 aromatic carbocycles. The van der Waals surface area contributed by atoms with Gasteiger partial charge >= 0.3 is 0 Å². The van der Waals surface area contributed by atoms with E-state index in [0.29, 0.717) is 22.8 Å². The molecular weight excluding hydrogens is 387 g/mol. The predicted octanol–water partition coefficient (Wildman–Crippen LogP) is 2.67. The number of nitrogens with zero attached hydrogens (tertiary/aromatic N) is 1. The fourth-order valence-electron chi connectivity index (χ4n) is 1.60. The van der Waals surface area contributed by atoms with Crippen LogP contribution in [0.1, 0.15) is 16.1 Å². The van der Waals surface area contributed by atoms with Crippen LogP contribution in [0.2, 0.25) is 0 Å². The average Bonchev–Trinajstić information content (AvgIpc) is 2.91. The van der Waals surface area contributed by atoms with Crippen molar-refractivity contribution in [3.05, 3.63) is 45.4 Å². The van der Waals surface area contributed by atoms with Gasteiger partial charge in [0.05, 0.1) is 26.0 Å². The summed E-state index contributed by atoms with van der Waals surface area (Å²) in [5.74, 6) is 1.19. The third-order valence-corrected chi connectivity index (χ3v) is 3.18. The topological polar surface area (TPSA) is 73.1 Å². The average molecular weight is 400 g/mol. The number of hydrogen-bond acceptors (Lipinski definition) is 5. The Hall–Kier alpha value is -2.03. The number of furan rings is 1. The second kappa shape index (κ2) is 7.11. The minimum absolute atomic E-state index is 0.365. The maximum Gasteiger partial charge on any atom is 0.275 e. The summed E-state index contributed by atoms with van der Waals surface area (Å²) in [6, 6.07) is 8.48. The lowest BCUT2D eigenvalue weighted by Crippen LogP contribution is -2.18. The Labute approximate surface area is 135 Å². The minimum atomic E-state index is -0.382. The molecule has 0 atom stereocenters. The SMILES string of the molecule is COc1ccc(C(=O)N/N=C\c2ccc(I)o2)c(OC)c1. The summed E-state index contributed by atoms with van der Waals surface area (Å²) in [7, 11) is 3.03. The van der Waals surface area contributed by atoms with Gasteiger partial charge in [0.1, 0.15) is 17.3 Å². The second-order valence-electron chi connectivity index (χ2n) is 3.91. The molecule has 2 rings (SSSR count). The Morgan fingerprint density at radius 3 is 2.71 bits per heavy atom. The number of hydrogen-bond donors (Lipinski definition) is 1. The predicted molar refractivity (Wildman–Crippen MR) is 86.0 cm³/mol. The van der Waals surface area contributed by atoms with Gasteiger partial charge in [-0.3, -0.25) is 4.79 Å². The summed E-state index contributed by atoms with van der Waals surface area (Å²) in [6.07, 6.45) is 1.43. The molecule has 1 amide bonds. The molecule has 1 aromatic heterocycles. The molecule has 2 aromatic rings. The number of carbonyl (C=O) groups excluding carboxylic acids is 1. The van der Waals surface area contributed by atoms with Crippen molar-refractivity contribution in [2.45, 2.75) is 0 Å². The van der Waals surface area contributed by atoms with E-state index in [2.05, 4.69) is 10.5 Å². The summed E-state index contributed by atoms with van der Waals surface area (Å²) in [5.41, 5.74) is 2.78. The van der Waals surface area contributed by atoms with Crippen molar-refractivity contribution in [2.24, 2.45) is 5.10 Å². The van der Waals surface area contributed by atoms with Crippen LogP contribution in [-0.4, -0.2) is 26.3 Å². The van der Waals surface area contributed by atoms with E-state index >= 15 is 0 Å². The fourth-order valence-corrected chi connectivity index (χ4v) is 2.03. The number of rotatable bonds is 5. The van der Waals surface area contributed by atoms with Gasteiger partial charge in [0.25, 0.3) is 5.91 Å². The molecule has 0 radical (unpaired) electrons. The van der Waals surface area contributed by atoms with E-state index < -0.39 is 0 Å². The summed E-state index contributed by atoms with van der Waals surface area (Å²) >= 11 is 2.05. The molecule has 0 saturated carbocycles. The van der Waals surface area contributed by atoms with Crippen molar-refractivity contribution in [1.29, 1.82) is 0 Å². The van der Waals surface area contributed by atoms with Crippen molar-refractivity contribution >= 4 is 34.7 Å². The number of nitrogens with one attached hydrogen (secondary N) is 1. The zero-order valence-electron chi connectivity index (χ0n) is 11.4. The van der Waals surface area contributed by atoms with Crippen LogP contribution in [0.3, 0.4) is 0 Å². The van der Waals surface area contributed by atoms with E-state index in [0.717, 1.165) is 3.77 Å². The van der Waals surface area contributed by atoms with Gasteiger partial charge in [0.15, 0.2) is 3.77 Å². The van der Waals surface area contributed by atoms with Crippen LogP contribution in [0, 0.1) is 3.77 Å². The first-order valence-corrected chi connectivity index (χ1v) is 7.02. The van der Waals surface area contributed by atoms with Gasteiger partial charge in [0, 0.05) is 6.07 Å². The summed E-state index contributed by atoms with van der Waals surface area (Å²) in [4.78, 5) is 12.0. The maximum absolute atomic E-state index is 12.0. The molecule has 1 heterocycles. The number of methoxy groups -OCH3 is 2. The number of amides is 1. The largest absolute Gasteiger partial charge is 0.497 e. The molecular formula is C14H13IN2O4. The monoisotopic (exact) mass is 400 g/mol. The van der Waals surface area contributed by atoms with Gasteiger partial charge in [-0.05, 0) is 46.9 Å². The number of ether oxygens (including phenoxy) is 2. The van der Waals surface area contributed by atoms with Crippen molar-refractivity contribution in [1.82, 2.24) is 5.43 Å². The molecule has 21 heavy (non-hydrogen) atoms. The highest BCUT2D eigenvalue weighted by atomic mass is 127. The summed E-state index contributed by atoms with van der Waals surface area (Å²) in [6.45, 7) is 0. The first kappa shape index (κ1) is 15.4. The van der Waals surface area contributed by atoms with E-state index in [-0.39, 0.29) is 5.91 Å². The third kappa shape index (κ3) is 3.97. The molecule has 110 valence electrons. The smallest absolute Gasteiger partial charge is 0.275 e. The Morgan fingerprint density at radius 1 is 1.29 bits per heavy atom. The van der Waals surface area contributed by atoms with E-state index in [1.807, 2.05) is 22.6 Å². The van der Waals surface area contributed by atoms with Gasteiger partial charge in [-0.15, -0.1) is 0 Å². The molecule has 0 saturated heterocycles. The van der Waals surface area contributed by atoms with Gasteiger partial charge in [-0.1, -0.05) is 0 Å². The Kier molecular flexibility index (Phi) is 5.20. The molecule has 0 unspecified atom stereocenters. The first-order valence-electron chi connectivity index (χ1n) is 5.95. The number of benzene rings is 1. The standard InChI is InChI=1S/C14H13IN2O4/c1-19-9-3-5-11(12(7-9)20-2)14(18)17-16-8-10-4-6-13(15)21-10/h3-8H,1-2H3,(H,17,18)/b16-8-. The van der Waals surface area contributed by atoms with Gasteiger partial charge < -0.3 is 13.9 Å². The van der Waals surface area contributed by atoms with Crippen LogP contribution in [0.4, 0.5) is 0 Å². The van der Waals surface area contributed by atoms with Crippen molar-refractivity contribution < 1.29 is 18.7 Å². The second-order valence-corrected chi connectivity index (χ2v) is 4.97. The van der Waals surface area contributed by atoms with Crippen LogP contribution in [0.15, 0.2) is 39.9 Å². The van der Waals surface area contributed by atoms with Crippen molar-refractivity contribution in [3.63, 3.8) is 0 Å². The van der Waals surface area contributed by atoms with E-state index in [9.17, 15) is 4.79 Å². The molecule has 0 aliphatic heterocycles. The van der Waals surface area contributed by atoms with Gasteiger partial charge in [-0.25, -0.2) is 5.43 Å². The number of carbonyl (C=O) groups is 1. The van der Waals surface area contributed by atoms with E-state index in [1.54, 1.807) is 37.4 Å². The highest BCUT2D eigenvalue weighted by molar-refractivity contribution is 14.1. The highest BCUT2D eigenvalue weighted by Crippen LogP contribution is 2.24. The maximum atomic E-state index is 12.0. The van der Waals surface area contributed by atoms with Crippen LogP contribution >= 0.6 is 22.6 Å². The number of hydrazone groups is 1. The molecule has 0 bridgehead atoms. The molecule has 0 aliphatic rings. The zero-order valence-corrected chi connectivity index (χ0v) is 13.6. The van der Waals surface area contributed by atoms with Gasteiger partial charge in [-0.2, -0.15) is 5.10 Å². The molecule has 7 heteroatoms. The van der Waals surface area contributed by atoms with Gasteiger partial charge in [0.2, 0.25) is 0 Å². The van der Waals surface area contributed by atoms with Crippen LogP contribution < -0.4 is 14.9 Å². The third-order valence-electron chi connectivity index (χ3n) is 2.61. The Morgan fingerprint density at radius 2 is 2.10 bits per heavy atom. The lowest BCUT2D eigenvalue weighted by Gasteiger charge is -2.08. The molecule has 0 fully saturated rings. The molecule has 6 nitrogen and oxygen atoms in total. The van der Waals surface area contributed by atoms with Crippen LogP contribution in [0.25, 0.3) is 0 Å². The minimum Gasteiger partial charge on any atom is -0.497 e. The lowest BCUT2D eigenvalue weighted by atomic mass is 10.2. The first-order chi connectivity index (χ1) is 10.1. The van der Waals surface area contributed by atoms with Crippen LogP contribution in [0.5, 0.6) is 11.5 Å². The molecule has 0 aliphatic carbocycles. The Balaban J connectivity index is 2.08. The lowest BCUT2D eigenvalue weighted by molar-refractivity contribution is 0.0952. The zero-order chi connectivity index (χ0) is 15.2. The summed E-state index contributed by atoms with van der Waals surface area (Å²) in [5, 5.41) is 3.84. The number of halogens is 1.